The van der Waals surface area contributed by atoms with Gasteiger partial charge in [-0.1, -0.05) is 38.1 Å². The molecule has 2 N–H and O–H groups in total. The number of carbonyl (C=O) groups is 1. The lowest BCUT2D eigenvalue weighted by Crippen LogP contribution is -2.37. The zero-order valence-corrected chi connectivity index (χ0v) is 16.2. The number of aromatic nitrogens is 2. The first-order chi connectivity index (χ1) is 13.5. The van der Waals surface area contributed by atoms with E-state index in [2.05, 4.69) is 29.7 Å². The number of hydrogen-bond donors (Lipinski definition) is 2. The lowest BCUT2D eigenvalue weighted by molar-refractivity contribution is -0.122. The lowest BCUT2D eigenvalue weighted by atomic mass is 10.0. The Morgan fingerprint density at radius 3 is 2.54 bits per heavy atom. The van der Waals surface area contributed by atoms with E-state index in [-0.39, 0.29) is 24.0 Å². The van der Waals surface area contributed by atoms with E-state index >= 15 is 0 Å². The van der Waals surface area contributed by atoms with Gasteiger partial charge in [-0.3, -0.25) is 25.0 Å². The normalized spacial score (nSPS) is 10.9. The quantitative estimate of drug-likeness (QED) is 0.616. The minimum Gasteiger partial charge on any atom is -0.484 e. The van der Waals surface area contributed by atoms with Gasteiger partial charge < -0.3 is 4.74 Å². The zero-order valence-electron chi connectivity index (χ0n) is 16.2. The van der Waals surface area contributed by atoms with Crippen LogP contribution in [0.3, 0.4) is 0 Å². The van der Waals surface area contributed by atoms with Gasteiger partial charge in [0.2, 0.25) is 5.95 Å². The van der Waals surface area contributed by atoms with Crippen molar-refractivity contribution in [2.75, 3.05) is 12.0 Å². The number of fused-ring (bicyclic) bond motifs is 1. The van der Waals surface area contributed by atoms with Crippen molar-refractivity contribution >= 4 is 22.8 Å². The first-order valence-electron chi connectivity index (χ1n) is 9.26. The molecule has 3 rings (SSSR count). The third kappa shape index (κ3) is 4.31. The van der Waals surface area contributed by atoms with Crippen molar-refractivity contribution in [3.8, 4) is 5.75 Å². The van der Waals surface area contributed by atoms with E-state index in [0.717, 1.165) is 0 Å². The monoisotopic (exact) mass is 380 g/mol. The number of carbonyl (C=O) groups excluding carboxylic acids is 1. The van der Waals surface area contributed by atoms with Gasteiger partial charge in [-0.2, -0.15) is 0 Å². The molecule has 7 heteroatoms. The summed E-state index contributed by atoms with van der Waals surface area (Å²) >= 11 is 0. The molecule has 146 valence electrons. The van der Waals surface area contributed by atoms with Gasteiger partial charge in [0.05, 0.1) is 10.9 Å². The minimum atomic E-state index is -0.377. The molecule has 0 saturated heterocycles. The predicted octanol–water partition coefficient (Wildman–Crippen LogP) is 3.06. The standard InChI is InChI=1S/C21H24N4O3/c1-4-25-20(27)17-7-5-6-8-18(17)22-21(25)24-23-19(26)13-28-16-11-9-15(10-12-16)14(2)3/h5-12,14H,4,13H2,1-3H3,(H,22,24)(H,23,26). The number of nitrogens with zero attached hydrogens (tertiary/aromatic N) is 2. The van der Waals surface area contributed by atoms with Crippen molar-refractivity contribution in [1.82, 2.24) is 15.0 Å². The van der Waals surface area contributed by atoms with Gasteiger partial charge in [0.25, 0.3) is 11.5 Å². The van der Waals surface area contributed by atoms with Crippen molar-refractivity contribution < 1.29 is 9.53 Å². The molecule has 0 saturated carbocycles. The van der Waals surface area contributed by atoms with Crippen LogP contribution in [0.1, 0.15) is 32.3 Å². The van der Waals surface area contributed by atoms with Crippen LogP contribution in [0, 0.1) is 0 Å². The molecule has 3 aromatic rings. The fraction of sp³-hybridized carbons (Fsp3) is 0.286. The number of rotatable bonds is 7. The number of hydrogen-bond acceptors (Lipinski definition) is 5. The fourth-order valence-corrected chi connectivity index (χ4v) is 2.82. The molecule has 0 atom stereocenters. The van der Waals surface area contributed by atoms with Crippen LogP contribution in [0.5, 0.6) is 5.75 Å². The van der Waals surface area contributed by atoms with Crippen molar-refractivity contribution in [2.45, 2.75) is 33.2 Å². The first kappa shape index (κ1) is 19.4. The highest BCUT2D eigenvalue weighted by Gasteiger charge is 2.10. The van der Waals surface area contributed by atoms with Crippen molar-refractivity contribution in [3.63, 3.8) is 0 Å². The number of anilines is 1. The Kier molecular flexibility index (Phi) is 5.93. The summed E-state index contributed by atoms with van der Waals surface area (Å²) in [6, 6.07) is 14.7. The molecule has 1 aromatic heterocycles. The highest BCUT2D eigenvalue weighted by Crippen LogP contribution is 2.18. The van der Waals surface area contributed by atoms with Crippen LogP contribution in [-0.2, 0) is 11.3 Å². The molecule has 0 spiro atoms. The molecule has 2 aromatic carbocycles. The SMILES string of the molecule is CCn1c(NNC(=O)COc2ccc(C(C)C)cc2)nc2ccccc2c1=O. The second kappa shape index (κ2) is 8.56. The maximum atomic E-state index is 12.6. The van der Waals surface area contributed by atoms with Crippen LogP contribution in [0.15, 0.2) is 53.3 Å². The average molecular weight is 380 g/mol. The van der Waals surface area contributed by atoms with Gasteiger partial charge in [-0.25, -0.2) is 4.98 Å². The molecule has 0 unspecified atom stereocenters. The third-order valence-electron chi connectivity index (χ3n) is 4.41. The van der Waals surface area contributed by atoms with Gasteiger partial charge in [-0.15, -0.1) is 0 Å². The summed E-state index contributed by atoms with van der Waals surface area (Å²) in [7, 11) is 0. The van der Waals surface area contributed by atoms with Crippen molar-refractivity contribution in [3.05, 3.63) is 64.4 Å². The number of amides is 1. The van der Waals surface area contributed by atoms with E-state index < -0.39 is 0 Å². The Hall–Kier alpha value is -3.35. The van der Waals surface area contributed by atoms with Gasteiger partial charge in [0.1, 0.15) is 5.75 Å². The number of nitrogens with one attached hydrogen (secondary N) is 2. The molecular formula is C21H24N4O3. The van der Waals surface area contributed by atoms with Crippen LogP contribution >= 0.6 is 0 Å². The second-order valence-corrected chi connectivity index (χ2v) is 6.69. The van der Waals surface area contributed by atoms with Crippen molar-refractivity contribution in [2.24, 2.45) is 0 Å². The summed E-state index contributed by atoms with van der Waals surface area (Å²) in [5.74, 6) is 0.958. The van der Waals surface area contributed by atoms with Crippen molar-refractivity contribution in [1.29, 1.82) is 0 Å². The van der Waals surface area contributed by atoms with Gasteiger partial charge in [0, 0.05) is 6.54 Å². The molecule has 0 fully saturated rings. The Labute approximate surface area is 163 Å². The minimum absolute atomic E-state index is 0.155. The Bertz CT molecular complexity index is 1030. The summed E-state index contributed by atoms with van der Waals surface area (Å²) in [6.07, 6.45) is 0. The van der Waals surface area contributed by atoms with Crippen LogP contribution < -0.4 is 21.1 Å². The summed E-state index contributed by atoms with van der Waals surface area (Å²) in [6.45, 7) is 6.34. The molecular weight excluding hydrogens is 356 g/mol. The number of hydrazine groups is 1. The number of ether oxygens (including phenoxy) is 1. The van der Waals surface area contributed by atoms with Crippen LogP contribution in [0.4, 0.5) is 5.95 Å². The first-order valence-corrected chi connectivity index (χ1v) is 9.26. The maximum Gasteiger partial charge on any atom is 0.276 e. The summed E-state index contributed by atoms with van der Waals surface area (Å²) < 4.78 is 6.97. The van der Waals surface area contributed by atoms with Crippen LogP contribution in [0.25, 0.3) is 10.9 Å². The highest BCUT2D eigenvalue weighted by molar-refractivity contribution is 5.80. The van der Waals surface area contributed by atoms with E-state index in [9.17, 15) is 9.59 Å². The second-order valence-electron chi connectivity index (χ2n) is 6.69. The smallest absolute Gasteiger partial charge is 0.276 e. The third-order valence-corrected chi connectivity index (χ3v) is 4.41. The highest BCUT2D eigenvalue weighted by atomic mass is 16.5. The molecule has 0 aliphatic carbocycles. The maximum absolute atomic E-state index is 12.6. The molecule has 28 heavy (non-hydrogen) atoms. The lowest BCUT2D eigenvalue weighted by Gasteiger charge is -2.14. The molecule has 0 aliphatic rings. The largest absolute Gasteiger partial charge is 0.484 e. The Balaban J connectivity index is 1.63. The van der Waals surface area contributed by atoms with Crippen LogP contribution in [0.2, 0.25) is 0 Å². The topological polar surface area (TPSA) is 85.2 Å². The number of benzene rings is 2. The van der Waals surface area contributed by atoms with E-state index in [4.69, 9.17) is 4.74 Å². The van der Waals surface area contributed by atoms with E-state index in [1.807, 2.05) is 37.3 Å². The zero-order chi connectivity index (χ0) is 20.1. The molecule has 0 radical (unpaired) electrons. The Morgan fingerprint density at radius 2 is 1.86 bits per heavy atom. The number of para-hydroxylation sites is 1. The summed E-state index contributed by atoms with van der Waals surface area (Å²) in [5, 5.41) is 0.536. The average Bonchev–Trinajstić information content (AvgIpc) is 2.71. The molecule has 0 aliphatic heterocycles. The Morgan fingerprint density at radius 1 is 1.14 bits per heavy atom. The van der Waals surface area contributed by atoms with E-state index in [1.165, 1.54) is 10.1 Å². The van der Waals surface area contributed by atoms with E-state index in [1.54, 1.807) is 18.2 Å². The summed E-state index contributed by atoms with van der Waals surface area (Å²) in [4.78, 5) is 29.1. The summed E-state index contributed by atoms with van der Waals surface area (Å²) in [5.41, 5.74) is 6.87. The molecule has 7 nitrogen and oxygen atoms in total. The van der Waals surface area contributed by atoms with Gasteiger partial charge in [-0.05, 0) is 42.7 Å². The predicted molar refractivity (Wildman–Crippen MR) is 109 cm³/mol. The molecule has 1 heterocycles. The molecule has 1 amide bonds. The molecule has 0 bridgehead atoms. The van der Waals surface area contributed by atoms with Crippen LogP contribution in [-0.4, -0.2) is 22.1 Å². The van der Waals surface area contributed by atoms with E-state index in [0.29, 0.717) is 29.1 Å². The van der Waals surface area contributed by atoms with Gasteiger partial charge >= 0.3 is 0 Å². The fourth-order valence-electron chi connectivity index (χ4n) is 2.82. The van der Waals surface area contributed by atoms with Gasteiger partial charge in [0.15, 0.2) is 6.61 Å².